The lowest BCUT2D eigenvalue weighted by Crippen LogP contribution is -2.36. The van der Waals surface area contributed by atoms with Crippen molar-refractivity contribution in [1.82, 2.24) is 4.90 Å². The van der Waals surface area contributed by atoms with Crippen LogP contribution in [0.25, 0.3) is 0 Å². The maximum Gasteiger partial charge on any atom is 0.00869 e. The van der Waals surface area contributed by atoms with Crippen molar-refractivity contribution in [2.45, 2.75) is 47.1 Å². The second-order valence-electron chi connectivity index (χ2n) is 4.44. The highest BCUT2D eigenvalue weighted by Gasteiger charge is 2.14. The van der Waals surface area contributed by atoms with Crippen molar-refractivity contribution in [3.8, 4) is 0 Å². The van der Waals surface area contributed by atoms with Crippen LogP contribution in [0.1, 0.15) is 41.0 Å². The third kappa shape index (κ3) is 4.10. The average molecular weight is 171 g/mol. The van der Waals surface area contributed by atoms with Crippen LogP contribution in [0, 0.1) is 11.8 Å². The van der Waals surface area contributed by atoms with Crippen molar-refractivity contribution in [2.75, 3.05) is 13.6 Å². The first-order valence-electron chi connectivity index (χ1n) is 5.19. The Kier molecular flexibility index (Phi) is 5.56. The Morgan fingerprint density at radius 3 is 1.92 bits per heavy atom. The van der Waals surface area contributed by atoms with E-state index in [1.165, 1.54) is 13.0 Å². The fourth-order valence-electron chi connectivity index (χ4n) is 1.30. The third-order valence-electron chi connectivity index (χ3n) is 2.96. The van der Waals surface area contributed by atoms with Gasteiger partial charge in [-0.25, -0.2) is 0 Å². The van der Waals surface area contributed by atoms with Gasteiger partial charge in [-0.1, -0.05) is 34.1 Å². The fraction of sp³-hybridized carbons (Fsp3) is 1.00. The Morgan fingerprint density at radius 2 is 1.58 bits per heavy atom. The molecule has 0 spiro atoms. The summed E-state index contributed by atoms with van der Waals surface area (Å²) in [5, 5.41) is 0. The molecule has 74 valence electrons. The molecule has 12 heavy (non-hydrogen) atoms. The summed E-state index contributed by atoms with van der Waals surface area (Å²) in [6, 6.07) is 0.707. The zero-order valence-corrected chi connectivity index (χ0v) is 9.59. The second kappa shape index (κ2) is 5.58. The summed E-state index contributed by atoms with van der Waals surface area (Å²) in [6.45, 7) is 12.7. The number of rotatable bonds is 5. The Hall–Kier alpha value is -0.0400. The Bertz CT molecular complexity index is 110. The SMILES string of the molecule is CCC(C)CN(C)C(C)C(C)C. The van der Waals surface area contributed by atoms with Crippen molar-refractivity contribution in [3.63, 3.8) is 0 Å². The van der Waals surface area contributed by atoms with Gasteiger partial charge >= 0.3 is 0 Å². The first-order chi connectivity index (χ1) is 5.49. The number of nitrogens with zero attached hydrogens (tertiary/aromatic N) is 1. The highest BCUT2D eigenvalue weighted by molar-refractivity contribution is 4.68. The molecular weight excluding hydrogens is 146 g/mol. The molecule has 0 rings (SSSR count). The first kappa shape index (κ1) is 12.0. The highest BCUT2D eigenvalue weighted by Crippen LogP contribution is 2.11. The van der Waals surface area contributed by atoms with Gasteiger partial charge in [0.05, 0.1) is 0 Å². The van der Waals surface area contributed by atoms with Gasteiger partial charge in [-0.2, -0.15) is 0 Å². The molecular formula is C11H25N. The minimum Gasteiger partial charge on any atom is -0.303 e. The molecule has 1 heteroatoms. The van der Waals surface area contributed by atoms with Gasteiger partial charge in [0.2, 0.25) is 0 Å². The van der Waals surface area contributed by atoms with E-state index in [0.29, 0.717) is 6.04 Å². The molecule has 0 aliphatic rings. The van der Waals surface area contributed by atoms with Crippen LogP contribution in [0.5, 0.6) is 0 Å². The predicted molar refractivity (Wildman–Crippen MR) is 56.4 cm³/mol. The topological polar surface area (TPSA) is 3.24 Å². The molecule has 0 saturated carbocycles. The molecule has 2 atom stereocenters. The van der Waals surface area contributed by atoms with E-state index in [4.69, 9.17) is 0 Å². The van der Waals surface area contributed by atoms with Crippen LogP contribution >= 0.6 is 0 Å². The Labute approximate surface area is 78.1 Å². The van der Waals surface area contributed by atoms with Crippen LogP contribution in [-0.2, 0) is 0 Å². The molecule has 0 heterocycles. The lowest BCUT2D eigenvalue weighted by atomic mass is 10.0. The monoisotopic (exact) mass is 171 g/mol. The summed E-state index contributed by atoms with van der Waals surface area (Å²) in [5.41, 5.74) is 0. The van der Waals surface area contributed by atoms with Crippen molar-refractivity contribution in [1.29, 1.82) is 0 Å². The highest BCUT2D eigenvalue weighted by atomic mass is 15.1. The molecule has 0 fully saturated rings. The summed E-state index contributed by atoms with van der Waals surface area (Å²) >= 11 is 0. The van der Waals surface area contributed by atoms with E-state index in [2.05, 4.69) is 46.6 Å². The fourth-order valence-corrected chi connectivity index (χ4v) is 1.30. The van der Waals surface area contributed by atoms with Gasteiger partial charge in [0.25, 0.3) is 0 Å². The molecule has 2 unspecified atom stereocenters. The average Bonchev–Trinajstić information content (AvgIpc) is 2.02. The van der Waals surface area contributed by atoms with Crippen LogP contribution in [-0.4, -0.2) is 24.5 Å². The van der Waals surface area contributed by atoms with Gasteiger partial charge in [0.1, 0.15) is 0 Å². The van der Waals surface area contributed by atoms with E-state index in [1.54, 1.807) is 0 Å². The zero-order valence-electron chi connectivity index (χ0n) is 9.59. The molecule has 0 amide bonds. The minimum absolute atomic E-state index is 0.707. The zero-order chi connectivity index (χ0) is 9.72. The molecule has 0 aromatic carbocycles. The Balaban J connectivity index is 3.78. The normalized spacial score (nSPS) is 17.0. The van der Waals surface area contributed by atoms with Crippen molar-refractivity contribution in [2.24, 2.45) is 11.8 Å². The summed E-state index contributed by atoms with van der Waals surface area (Å²) < 4.78 is 0. The standard InChI is InChI=1S/C11H25N/c1-7-10(4)8-12(6)11(5)9(2)3/h9-11H,7-8H2,1-6H3. The first-order valence-corrected chi connectivity index (χ1v) is 5.19. The number of hydrogen-bond donors (Lipinski definition) is 0. The van der Waals surface area contributed by atoms with E-state index >= 15 is 0 Å². The van der Waals surface area contributed by atoms with Crippen LogP contribution in [0.15, 0.2) is 0 Å². The smallest absolute Gasteiger partial charge is 0.00869 e. The molecule has 0 aliphatic heterocycles. The van der Waals surface area contributed by atoms with Gasteiger partial charge in [0, 0.05) is 12.6 Å². The summed E-state index contributed by atoms with van der Waals surface area (Å²) in [6.07, 6.45) is 1.29. The van der Waals surface area contributed by atoms with E-state index in [1.807, 2.05) is 0 Å². The predicted octanol–water partition coefficient (Wildman–Crippen LogP) is 3.01. The maximum absolute atomic E-state index is 2.47. The molecule has 0 aromatic heterocycles. The largest absolute Gasteiger partial charge is 0.303 e. The van der Waals surface area contributed by atoms with Crippen LogP contribution < -0.4 is 0 Å². The van der Waals surface area contributed by atoms with Crippen molar-refractivity contribution in [3.05, 3.63) is 0 Å². The summed E-state index contributed by atoms with van der Waals surface area (Å²) in [7, 11) is 2.23. The molecule has 1 nitrogen and oxygen atoms in total. The van der Waals surface area contributed by atoms with Crippen molar-refractivity contribution >= 4 is 0 Å². The Morgan fingerprint density at radius 1 is 1.08 bits per heavy atom. The molecule has 0 N–H and O–H groups in total. The molecule has 0 aromatic rings. The van der Waals surface area contributed by atoms with E-state index in [9.17, 15) is 0 Å². The second-order valence-corrected chi connectivity index (χ2v) is 4.44. The van der Waals surface area contributed by atoms with Gasteiger partial charge in [-0.15, -0.1) is 0 Å². The quantitative estimate of drug-likeness (QED) is 0.614. The maximum atomic E-state index is 2.47. The van der Waals surface area contributed by atoms with Crippen LogP contribution in [0.3, 0.4) is 0 Å². The summed E-state index contributed by atoms with van der Waals surface area (Å²) in [4.78, 5) is 2.47. The third-order valence-corrected chi connectivity index (χ3v) is 2.96. The van der Waals surface area contributed by atoms with Crippen molar-refractivity contribution < 1.29 is 0 Å². The molecule has 0 saturated heterocycles. The van der Waals surface area contributed by atoms with Gasteiger partial charge in [-0.05, 0) is 25.8 Å². The van der Waals surface area contributed by atoms with Gasteiger partial charge < -0.3 is 4.90 Å². The number of hydrogen-bond acceptors (Lipinski definition) is 1. The van der Waals surface area contributed by atoms with Crippen LogP contribution in [0.2, 0.25) is 0 Å². The molecule has 0 radical (unpaired) electrons. The van der Waals surface area contributed by atoms with E-state index in [0.717, 1.165) is 11.8 Å². The van der Waals surface area contributed by atoms with E-state index < -0.39 is 0 Å². The summed E-state index contributed by atoms with van der Waals surface area (Å²) in [5.74, 6) is 1.59. The molecule has 0 bridgehead atoms. The lowest BCUT2D eigenvalue weighted by Gasteiger charge is -2.29. The lowest BCUT2D eigenvalue weighted by molar-refractivity contribution is 0.182. The van der Waals surface area contributed by atoms with Gasteiger partial charge in [-0.3, -0.25) is 0 Å². The molecule has 0 aliphatic carbocycles. The minimum atomic E-state index is 0.707. The van der Waals surface area contributed by atoms with E-state index in [-0.39, 0.29) is 0 Å². The van der Waals surface area contributed by atoms with Crippen LogP contribution in [0.4, 0.5) is 0 Å². The van der Waals surface area contributed by atoms with Gasteiger partial charge in [0.15, 0.2) is 0 Å².